The molecule has 4 amide bonds. The van der Waals surface area contributed by atoms with E-state index in [0.29, 0.717) is 38.0 Å². The first-order valence-electron chi connectivity index (χ1n) is 17.3. The monoisotopic (exact) mass is 695 g/mol. The molecule has 13 nitrogen and oxygen atoms in total. The number of aryl methyl sites for hydroxylation is 1. The molecule has 1 aromatic carbocycles. The largest absolute Gasteiger partial charge is 0.472 e. The molecule has 0 unspecified atom stereocenters. The van der Waals surface area contributed by atoms with Crippen LogP contribution in [0.15, 0.2) is 43.1 Å². The highest BCUT2D eigenvalue weighted by Crippen LogP contribution is 2.45. The second-order valence-corrected chi connectivity index (χ2v) is 15.6. The van der Waals surface area contributed by atoms with Crippen LogP contribution in [-0.2, 0) is 35.6 Å². The molecule has 0 spiro atoms. The molecule has 1 saturated heterocycles. The number of ether oxygens (including phenoxy) is 2. The maximum atomic E-state index is 14.2. The van der Waals surface area contributed by atoms with Gasteiger partial charge in [0.25, 0.3) is 5.91 Å². The van der Waals surface area contributed by atoms with Crippen LogP contribution >= 0.6 is 0 Å². The predicted molar refractivity (Wildman–Crippen MR) is 181 cm³/mol. The first-order chi connectivity index (χ1) is 23.5. The summed E-state index contributed by atoms with van der Waals surface area (Å²) in [4.78, 5) is 60.5. The van der Waals surface area contributed by atoms with Gasteiger partial charge in [-0.05, 0) is 74.4 Å². The maximum Gasteiger partial charge on any atom is 0.407 e. The Morgan fingerprint density at radius 1 is 1.18 bits per heavy atom. The zero-order valence-corrected chi connectivity index (χ0v) is 28.6. The minimum Gasteiger partial charge on any atom is -0.472 e. The standard InChI is InChI=1S/C35H45N5O8S/c1-3-5-10-28-32(42)40-21-25(19-29(40)30(41)38-35(20-24(35)4-2)33(43)39-49(45,46)26-13-14-26)48-31-27-18-22(11-12-23(27)15-16-36-31)9-7-6-8-17-47-34(44)37-28/h4,11-12,15-16,18,24-26,28-29H,2-3,5-10,13-14,17,19-21H2,1H3,(H,37,44)(H,38,41)(H,39,43)/t24-,25+,28+,29+,35-/m1/s1. The normalized spacial score (nSPS) is 27.7. The van der Waals surface area contributed by atoms with Crippen molar-refractivity contribution in [3.8, 4) is 5.88 Å². The molecule has 2 aliphatic heterocycles. The highest BCUT2D eigenvalue weighted by atomic mass is 32.2. The molecule has 14 heteroatoms. The van der Waals surface area contributed by atoms with Crippen molar-refractivity contribution >= 4 is 44.6 Å². The number of sulfonamides is 1. The lowest BCUT2D eigenvalue weighted by atomic mass is 10.0. The summed E-state index contributed by atoms with van der Waals surface area (Å²) >= 11 is 0. The summed E-state index contributed by atoms with van der Waals surface area (Å²) in [6.07, 6.45) is 8.02. The number of alkyl carbamates (subject to hydrolysis) is 1. The molecule has 3 N–H and O–H groups in total. The van der Waals surface area contributed by atoms with E-state index in [0.717, 1.165) is 42.0 Å². The van der Waals surface area contributed by atoms with Gasteiger partial charge in [0.1, 0.15) is 23.7 Å². The topological polar surface area (TPSA) is 173 Å². The highest BCUT2D eigenvalue weighted by molar-refractivity contribution is 7.91. The lowest BCUT2D eigenvalue weighted by Crippen LogP contribution is -2.58. The molecule has 5 atom stereocenters. The Bertz CT molecular complexity index is 1730. The molecule has 1 aromatic heterocycles. The van der Waals surface area contributed by atoms with Gasteiger partial charge in [-0.1, -0.05) is 38.0 Å². The van der Waals surface area contributed by atoms with Crippen molar-refractivity contribution in [1.29, 1.82) is 0 Å². The van der Waals surface area contributed by atoms with E-state index in [1.165, 1.54) is 11.0 Å². The fourth-order valence-electron chi connectivity index (χ4n) is 6.81. The number of unbranched alkanes of at least 4 members (excludes halogenated alkanes) is 1. The molecule has 3 fully saturated rings. The fourth-order valence-corrected chi connectivity index (χ4v) is 8.18. The van der Waals surface area contributed by atoms with Gasteiger partial charge in [0.15, 0.2) is 0 Å². The van der Waals surface area contributed by atoms with Crippen molar-refractivity contribution < 1.29 is 37.1 Å². The number of benzene rings is 1. The van der Waals surface area contributed by atoms with Crippen molar-refractivity contribution in [3.63, 3.8) is 0 Å². The lowest BCUT2D eigenvalue weighted by molar-refractivity contribution is -0.141. The van der Waals surface area contributed by atoms with Crippen LogP contribution < -0.4 is 20.1 Å². The van der Waals surface area contributed by atoms with Crippen LogP contribution in [-0.4, -0.2) is 84.2 Å². The predicted octanol–water partition coefficient (Wildman–Crippen LogP) is 3.26. The number of pyridine rings is 1. The van der Waals surface area contributed by atoms with Crippen LogP contribution in [0.4, 0.5) is 4.79 Å². The minimum absolute atomic E-state index is 0.0220. The molecule has 4 bridgehead atoms. The number of hydrogen-bond acceptors (Lipinski definition) is 9. The van der Waals surface area contributed by atoms with Crippen molar-refractivity contribution in [2.75, 3.05) is 13.2 Å². The van der Waals surface area contributed by atoms with Gasteiger partial charge in [-0.2, -0.15) is 0 Å². The number of amides is 4. The van der Waals surface area contributed by atoms with E-state index in [4.69, 9.17) is 9.47 Å². The third kappa shape index (κ3) is 7.68. The Hall–Kier alpha value is -4.20. The van der Waals surface area contributed by atoms with Crippen LogP contribution in [0, 0.1) is 5.92 Å². The Labute approximate surface area is 286 Å². The highest BCUT2D eigenvalue weighted by Gasteiger charge is 2.62. The van der Waals surface area contributed by atoms with Crippen LogP contribution in [0.5, 0.6) is 5.88 Å². The molecular formula is C35H45N5O8S. The van der Waals surface area contributed by atoms with Crippen LogP contribution in [0.25, 0.3) is 10.8 Å². The number of aromatic nitrogens is 1. The van der Waals surface area contributed by atoms with Crippen molar-refractivity contribution in [1.82, 2.24) is 25.2 Å². The van der Waals surface area contributed by atoms with Crippen molar-refractivity contribution in [2.24, 2.45) is 5.92 Å². The Balaban J connectivity index is 1.30. The summed E-state index contributed by atoms with van der Waals surface area (Å²) in [6.45, 7) is 5.98. The van der Waals surface area contributed by atoms with Crippen LogP contribution in [0.3, 0.4) is 0 Å². The van der Waals surface area contributed by atoms with E-state index in [9.17, 15) is 27.6 Å². The van der Waals surface area contributed by atoms with E-state index in [1.807, 2.05) is 25.1 Å². The number of carbonyl (C=O) groups excluding carboxylic acids is 4. The maximum absolute atomic E-state index is 14.2. The Morgan fingerprint density at radius 2 is 2.00 bits per heavy atom. The van der Waals surface area contributed by atoms with E-state index in [1.54, 1.807) is 6.20 Å². The molecule has 4 aliphatic rings. The van der Waals surface area contributed by atoms with Gasteiger partial charge in [0.2, 0.25) is 27.7 Å². The van der Waals surface area contributed by atoms with Crippen LogP contribution in [0.2, 0.25) is 0 Å². The molecule has 2 saturated carbocycles. The quantitative estimate of drug-likeness (QED) is 0.333. The van der Waals surface area contributed by atoms with E-state index < -0.39 is 68.7 Å². The first-order valence-corrected chi connectivity index (χ1v) is 18.9. The molecule has 3 heterocycles. The third-order valence-electron chi connectivity index (χ3n) is 9.95. The van der Waals surface area contributed by atoms with Crippen molar-refractivity contribution in [2.45, 2.75) is 107 Å². The summed E-state index contributed by atoms with van der Waals surface area (Å²) in [6, 6.07) is 6.00. The Kier molecular flexibility index (Phi) is 10.1. The number of carbonyl (C=O) groups is 4. The zero-order chi connectivity index (χ0) is 34.8. The second kappa shape index (κ2) is 14.3. The summed E-state index contributed by atoms with van der Waals surface area (Å²) in [5.41, 5.74) is -0.407. The van der Waals surface area contributed by atoms with Gasteiger partial charge < -0.3 is 25.0 Å². The molecular weight excluding hydrogens is 650 g/mol. The van der Waals surface area contributed by atoms with E-state index in [-0.39, 0.29) is 26.0 Å². The summed E-state index contributed by atoms with van der Waals surface area (Å²) in [7, 11) is -3.87. The summed E-state index contributed by atoms with van der Waals surface area (Å²) in [5.74, 6) is -2.03. The molecule has 0 radical (unpaired) electrons. The smallest absolute Gasteiger partial charge is 0.407 e. The zero-order valence-electron chi connectivity index (χ0n) is 27.8. The average Bonchev–Trinajstić information content (AvgIpc) is 4.01. The number of nitrogens with one attached hydrogen (secondary N) is 3. The molecule has 2 aliphatic carbocycles. The molecule has 6 rings (SSSR count). The summed E-state index contributed by atoms with van der Waals surface area (Å²) in [5, 5.41) is 6.67. The van der Waals surface area contributed by atoms with Gasteiger partial charge in [-0.3, -0.25) is 19.1 Å². The summed E-state index contributed by atoms with van der Waals surface area (Å²) < 4.78 is 39.3. The van der Waals surface area contributed by atoms with Gasteiger partial charge in [-0.25, -0.2) is 18.2 Å². The molecule has 49 heavy (non-hydrogen) atoms. The fraction of sp³-hybridized carbons (Fsp3) is 0.571. The van der Waals surface area contributed by atoms with E-state index in [2.05, 4.69) is 33.0 Å². The third-order valence-corrected chi connectivity index (χ3v) is 11.8. The van der Waals surface area contributed by atoms with Gasteiger partial charge in [0, 0.05) is 23.9 Å². The van der Waals surface area contributed by atoms with Gasteiger partial charge in [0.05, 0.1) is 18.4 Å². The average molecular weight is 696 g/mol. The number of fused-ring (bicyclic) bond motifs is 3. The van der Waals surface area contributed by atoms with E-state index >= 15 is 0 Å². The number of hydrogen-bond donors (Lipinski definition) is 3. The van der Waals surface area contributed by atoms with Gasteiger partial charge in [-0.15, -0.1) is 6.58 Å². The Morgan fingerprint density at radius 3 is 2.73 bits per heavy atom. The minimum atomic E-state index is -3.87. The second-order valence-electron chi connectivity index (χ2n) is 13.6. The van der Waals surface area contributed by atoms with Crippen molar-refractivity contribution in [3.05, 3.63) is 48.7 Å². The van der Waals surface area contributed by atoms with Gasteiger partial charge >= 0.3 is 6.09 Å². The number of cyclic esters (lactones) is 1. The first kappa shape index (κ1) is 34.7. The number of rotatable bonds is 9. The molecule has 2 aromatic rings. The lowest BCUT2D eigenvalue weighted by Gasteiger charge is -2.29. The van der Waals surface area contributed by atoms with Crippen LogP contribution in [0.1, 0.15) is 76.7 Å². The SMILES string of the molecule is C=C[C@@H]1C[C@]1(NC(=O)[C@@H]1C[C@H]2CN1C(=O)[C@H](CCCC)NC(=O)OCCCCCc1ccc3ccnc(c3c1)O2)C(=O)NS(=O)(=O)C1CC1. The number of nitrogens with zero attached hydrogens (tertiary/aromatic N) is 2. The molecule has 264 valence electrons.